The molecular formula is C13H24N2O3. The molecular weight excluding hydrogens is 232 g/mol. The number of hydrogen-bond donors (Lipinski definition) is 2. The molecule has 0 aromatic heterocycles. The summed E-state index contributed by atoms with van der Waals surface area (Å²) in [5.41, 5.74) is 0. The third-order valence-electron chi connectivity index (χ3n) is 3.92. The van der Waals surface area contributed by atoms with Crippen LogP contribution in [0.25, 0.3) is 0 Å². The molecule has 2 fully saturated rings. The third kappa shape index (κ3) is 3.22. The lowest BCUT2D eigenvalue weighted by Crippen LogP contribution is -2.46. The number of rotatable bonds is 2. The van der Waals surface area contributed by atoms with Gasteiger partial charge in [-0.3, -0.25) is 9.69 Å². The standard InChI is InChI=1S/C13H24N2O3/c1-9-3-10(2)5-15(4-9)13(18)8-14-6-11(16)12(17)7-14/h9-12,16-17H,3-8H2,1-2H3. The van der Waals surface area contributed by atoms with Crippen molar-refractivity contribution in [2.75, 3.05) is 32.7 Å². The Morgan fingerprint density at radius 2 is 1.56 bits per heavy atom. The van der Waals surface area contributed by atoms with Gasteiger partial charge in [0, 0.05) is 26.2 Å². The summed E-state index contributed by atoms with van der Waals surface area (Å²) in [4.78, 5) is 15.9. The maximum atomic E-state index is 12.2. The lowest BCUT2D eigenvalue weighted by molar-refractivity contribution is -0.134. The SMILES string of the molecule is CC1CC(C)CN(C(=O)CN2CC(O)C(O)C2)C1. The number of aliphatic hydroxyl groups is 2. The predicted molar refractivity (Wildman–Crippen MR) is 68.0 cm³/mol. The molecule has 0 spiro atoms. The summed E-state index contributed by atoms with van der Waals surface area (Å²) in [6.45, 7) is 7.13. The molecule has 2 heterocycles. The topological polar surface area (TPSA) is 64.0 Å². The molecule has 18 heavy (non-hydrogen) atoms. The van der Waals surface area contributed by atoms with Crippen molar-refractivity contribution in [2.45, 2.75) is 32.5 Å². The second-order valence-electron chi connectivity index (χ2n) is 6.07. The van der Waals surface area contributed by atoms with Crippen LogP contribution < -0.4 is 0 Å². The minimum absolute atomic E-state index is 0.120. The Morgan fingerprint density at radius 1 is 1.06 bits per heavy atom. The largest absolute Gasteiger partial charge is 0.389 e. The van der Waals surface area contributed by atoms with Crippen LogP contribution >= 0.6 is 0 Å². The third-order valence-corrected chi connectivity index (χ3v) is 3.92. The number of hydrogen-bond acceptors (Lipinski definition) is 4. The van der Waals surface area contributed by atoms with E-state index < -0.39 is 12.2 Å². The fourth-order valence-corrected chi connectivity index (χ4v) is 3.13. The van der Waals surface area contributed by atoms with Gasteiger partial charge in [0.2, 0.25) is 5.91 Å². The Balaban J connectivity index is 1.84. The van der Waals surface area contributed by atoms with Crippen LogP contribution in [0.5, 0.6) is 0 Å². The molecule has 0 aliphatic carbocycles. The highest BCUT2D eigenvalue weighted by molar-refractivity contribution is 5.78. The summed E-state index contributed by atoms with van der Waals surface area (Å²) in [6, 6.07) is 0. The van der Waals surface area contributed by atoms with Gasteiger partial charge in [0.15, 0.2) is 0 Å². The van der Waals surface area contributed by atoms with Crippen LogP contribution in [-0.2, 0) is 4.79 Å². The zero-order chi connectivity index (χ0) is 13.3. The first-order valence-electron chi connectivity index (χ1n) is 6.82. The van der Waals surface area contributed by atoms with E-state index in [1.165, 1.54) is 6.42 Å². The fourth-order valence-electron chi connectivity index (χ4n) is 3.13. The number of amides is 1. The van der Waals surface area contributed by atoms with Crippen LogP contribution in [-0.4, -0.2) is 70.9 Å². The van der Waals surface area contributed by atoms with Gasteiger partial charge < -0.3 is 15.1 Å². The van der Waals surface area contributed by atoms with E-state index in [1.807, 2.05) is 9.80 Å². The molecule has 5 nitrogen and oxygen atoms in total. The highest BCUT2D eigenvalue weighted by Gasteiger charge is 2.32. The molecule has 0 aromatic carbocycles. The zero-order valence-corrected chi connectivity index (χ0v) is 11.2. The minimum Gasteiger partial charge on any atom is -0.389 e. The molecule has 5 heteroatoms. The van der Waals surface area contributed by atoms with E-state index in [0.717, 1.165) is 13.1 Å². The van der Waals surface area contributed by atoms with Gasteiger partial charge in [-0.15, -0.1) is 0 Å². The van der Waals surface area contributed by atoms with Crippen LogP contribution in [0.3, 0.4) is 0 Å². The average molecular weight is 256 g/mol. The number of likely N-dealkylation sites (tertiary alicyclic amines) is 2. The van der Waals surface area contributed by atoms with E-state index in [9.17, 15) is 15.0 Å². The lowest BCUT2D eigenvalue weighted by Gasteiger charge is -2.35. The number of piperidine rings is 1. The molecule has 2 aliphatic rings. The summed E-state index contributed by atoms with van der Waals surface area (Å²) in [6.07, 6.45) is -0.237. The van der Waals surface area contributed by atoms with Crippen LogP contribution in [0.15, 0.2) is 0 Å². The second kappa shape index (κ2) is 5.55. The van der Waals surface area contributed by atoms with Crippen molar-refractivity contribution in [3.8, 4) is 0 Å². The number of carbonyl (C=O) groups excluding carboxylic acids is 1. The van der Waals surface area contributed by atoms with Crippen molar-refractivity contribution >= 4 is 5.91 Å². The van der Waals surface area contributed by atoms with E-state index in [1.54, 1.807) is 0 Å². The van der Waals surface area contributed by atoms with Gasteiger partial charge in [-0.2, -0.15) is 0 Å². The molecule has 0 radical (unpaired) electrons. The van der Waals surface area contributed by atoms with E-state index in [2.05, 4.69) is 13.8 Å². The summed E-state index contributed by atoms with van der Waals surface area (Å²) in [5, 5.41) is 18.9. The highest BCUT2D eigenvalue weighted by atomic mass is 16.3. The first-order valence-corrected chi connectivity index (χ1v) is 6.82. The fraction of sp³-hybridized carbons (Fsp3) is 0.923. The molecule has 1 amide bonds. The summed E-state index contributed by atoms with van der Waals surface area (Å²) < 4.78 is 0. The second-order valence-corrected chi connectivity index (χ2v) is 6.07. The monoisotopic (exact) mass is 256 g/mol. The Hall–Kier alpha value is -0.650. The van der Waals surface area contributed by atoms with E-state index in [-0.39, 0.29) is 5.91 Å². The van der Waals surface area contributed by atoms with Crippen LogP contribution in [0.4, 0.5) is 0 Å². The van der Waals surface area contributed by atoms with Crippen molar-refractivity contribution in [3.05, 3.63) is 0 Å². The Labute approximate surface area is 108 Å². The predicted octanol–water partition coefficient (Wildman–Crippen LogP) is -0.472. The van der Waals surface area contributed by atoms with Crippen molar-refractivity contribution in [1.82, 2.24) is 9.80 Å². The van der Waals surface area contributed by atoms with Crippen molar-refractivity contribution in [3.63, 3.8) is 0 Å². The number of carbonyl (C=O) groups is 1. The Bertz CT molecular complexity index is 291. The van der Waals surface area contributed by atoms with E-state index in [0.29, 0.717) is 31.5 Å². The maximum absolute atomic E-state index is 12.2. The maximum Gasteiger partial charge on any atom is 0.236 e. The molecule has 2 saturated heterocycles. The number of aliphatic hydroxyl groups excluding tert-OH is 2. The minimum atomic E-state index is -0.711. The summed E-state index contributed by atoms with van der Waals surface area (Å²) >= 11 is 0. The van der Waals surface area contributed by atoms with Crippen LogP contribution in [0, 0.1) is 11.8 Å². The van der Waals surface area contributed by atoms with Gasteiger partial charge in [0.05, 0.1) is 18.8 Å². The van der Waals surface area contributed by atoms with Crippen molar-refractivity contribution in [1.29, 1.82) is 0 Å². The molecule has 104 valence electrons. The first-order chi connectivity index (χ1) is 8.45. The average Bonchev–Trinajstić information content (AvgIpc) is 2.56. The van der Waals surface area contributed by atoms with Gasteiger partial charge in [-0.1, -0.05) is 13.8 Å². The van der Waals surface area contributed by atoms with E-state index >= 15 is 0 Å². The molecule has 4 atom stereocenters. The zero-order valence-electron chi connectivity index (χ0n) is 11.2. The summed E-state index contributed by atoms with van der Waals surface area (Å²) in [5.74, 6) is 1.25. The van der Waals surface area contributed by atoms with Gasteiger partial charge in [0.25, 0.3) is 0 Å². The summed E-state index contributed by atoms with van der Waals surface area (Å²) in [7, 11) is 0. The molecule has 0 bridgehead atoms. The number of nitrogens with zero attached hydrogens (tertiary/aromatic N) is 2. The normalized spacial score (nSPS) is 38.1. The quantitative estimate of drug-likeness (QED) is 0.701. The van der Waals surface area contributed by atoms with Crippen LogP contribution in [0.2, 0.25) is 0 Å². The smallest absolute Gasteiger partial charge is 0.236 e. The van der Waals surface area contributed by atoms with Gasteiger partial charge >= 0.3 is 0 Å². The van der Waals surface area contributed by atoms with Crippen LogP contribution in [0.1, 0.15) is 20.3 Å². The van der Waals surface area contributed by atoms with Crippen molar-refractivity contribution in [2.24, 2.45) is 11.8 Å². The molecule has 0 aromatic rings. The highest BCUT2D eigenvalue weighted by Crippen LogP contribution is 2.21. The molecule has 2 aliphatic heterocycles. The molecule has 2 rings (SSSR count). The molecule has 2 N–H and O–H groups in total. The van der Waals surface area contributed by atoms with E-state index in [4.69, 9.17) is 0 Å². The van der Waals surface area contributed by atoms with Gasteiger partial charge in [-0.25, -0.2) is 0 Å². The van der Waals surface area contributed by atoms with Gasteiger partial charge in [0.1, 0.15) is 0 Å². The van der Waals surface area contributed by atoms with Crippen molar-refractivity contribution < 1.29 is 15.0 Å². The Morgan fingerprint density at radius 3 is 2.06 bits per heavy atom. The Kier molecular flexibility index (Phi) is 4.25. The first kappa shape index (κ1) is 13.8. The lowest BCUT2D eigenvalue weighted by atomic mass is 9.92. The molecule has 0 saturated carbocycles. The van der Waals surface area contributed by atoms with Gasteiger partial charge in [-0.05, 0) is 18.3 Å². The number of β-amino-alcohol motifs (C(OH)–C–C–N with tert-alkyl or cyclic N) is 2. The molecule has 4 unspecified atom stereocenters.